The van der Waals surface area contributed by atoms with E-state index in [1.807, 2.05) is 12.1 Å². The molecule has 0 spiro atoms. The standard InChI is InChI=1S/2C25H42O4.Ba/c2*26-21-15-9-13-19-24(29-22-23-16-10-8-11-17-23)18-12-6-4-2-1-3-5-7-14-20-25(27)28;/h2*8,10-11,16-17,24,26H,1-7,9,12-15,18-22H2,(H,27,28);/q;;+2/p-2. The maximum Gasteiger partial charge on any atom is 2.00 e. The van der Waals surface area contributed by atoms with Crippen molar-refractivity contribution >= 4 is 60.8 Å². The van der Waals surface area contributed by atoms with E-state index in [2.05, 4.69) is 48.5 Å². The van der Waals surface area contributed by atoms with E-state index >= 15 is 0 Å². The van der Waals surface area contributed by atoms with Crippen LogP contribution in [-0.2, 0) is 32.3 Å². The molecule has 0 heterocycles. The molecule has 9 heteroatoms. The molecule has 0 aliphatic rings. The second-order valence-corrected chi connectivity index (χ2v) is 16.2. The van der Waals surface area contributed by atoms with E-state index in [9.17, 15) is 19.8 Å². The SMILES string of the molecule is O=C([O-])CCCCCCCCCCCC(CCCCCO)OCc1ccccc1.O=C([O-])CCCCCCCCCCCC(CCCCCO)OCc1ccccc1.[Ba+2]. The fraction of sp³-hybridized carbons (Fsp3) is 0.720. The van der Waals surface area contributed by atoms with E-state index < -0.39 is 11.9 Å². The fourth-order valence-electron chi connectivity index (χ4n) is 7.28. The van der Waals surface area contributed by atoms with E-state index in [4.69, 9.17) is 19.7 Å². The quantitative estimate of drug-likeness (QED) is 0.0498. The Labute approximate surface area is 400 Å². The second kappa shape index (κ2) is 44.8. The van der Waals surface area contributed by atoms with Gasteiger partial charge < -0.3 is 39.5 Å². The molecule has 0 saturated heterocycles. The van der Waals surface area contributed by atoms with Crippen molar-refractivity contribution in [2.75, 3.05) is 13.2 Å². The molecule has 2 unspecified atom stereocenters. The number of hydrogen-bond donors (Lipinski definition) is 2. The molecule has 2 atom stereocenters. The van der Waals surface area contributed by atoms with Gasteiger partial charge in [0.2, 0.25) is 0 Å². The molecule has 2 aromatic rings. The van der Waals surface area contributed by atoms with E-state index in [-0.39, 0.29) is 74.9 Å². The predicted molar refractivity (Wildman–Crippen MR) is 238 cm³/mol. The molecular formula is C50H82BaO8. The van der Waals surface area contributed by atoms with Gasteiger partial charge in [0.25, 0.3) is 0 Å². The van der Waals surface area contributed by atoms with Crippen molar-refractivity contribution in [2.45, 2.75) is 218 Å². The van der Waals surface area contributed by atoms with Crippen LogP contribution in [0.5, 0.6) is 0 Å². The van der Waals surface area contributed by atoms with Crippen molar-refractivity contribution in [2.24, 2.45) is 0 Å². The number of aliphatic hydroxyl groups is 2. The molecule has 59 heavy (non-hydrogen) atoms. The zero-order valence-corrected chi connectivity index (χ0v) is 41.5. The van der Waals surface area contributed by atoms with Gasteiger partial charge in [-0.1, -0.05) is 189 Å². The van der Waals surface area contributed by atoms with E-state index in [1.165, 1.54) is 88.2 Å². The Balaban J connectivity index is 0.00000112. The topological polar surface area (TPSA) is 139 Å². The number of carboxylic acid groups (broad SMARTS) is 2. The fourth-order valence-corrected chi connectivity index (χ4v) is 7.28. The maximum absolute atomic E-state index is 10.4. The number of unbranched alkanes of at least 4 members (excludes halogenated alkanes) is 20. The van der Waals surface area contributed by atoms with E-state index in [1.54, 1.807) is 0 Å². The first-order chi connectivity index (χ1) is 28.4. The number of rotatable bonds is 40. The summed E-state index contributed by atoms with van der Waals surface area (Å²) in [5, 5.41) is 38.6. The van der Waals surface area contributed by atoms with Crippen LogP contribution in [0.1, 0.15) is 204 Å². The van der Waals surface area contributed by atoms with Gasteiger partial charge in [-0.05, 0) is 75.3 Å². The number of ether oxygens (including phenoxy) is 2. The average Bonchev–Trinajstić information content (AvgIpc) is 3.23. The summed E-state index contributed by atoms with van der Waals surface area (Å²) >= 11 is 0. The van der Waals surface area contributed by atoms with Gasteiger partial charge >= 0.3 is 48.9 Å². The number of benzene rings is 2. The van der Waals surface area contributed by atoms with Crippen molar-refractivity contribution in [3.8, 4) is 0 Å². The molecule has 0 radical (unpaired) electrons. The van der Waals surface area contributed by atoms with Crippen LogP contribution in [0, 0.1) is 0 Å². The summed E-state index contributed by atoms with van der Waals surface area (Å²) in [5.74, 6) is -1.85. The summed E-state index contributed by atoms with van der Waals surface area (Å²) in [7, 11) is 0. The van der Waals surface area contributed by atoms with E-state index in [0.29, 0.717) is 25.4 Å². The monoisotopic (exact) mass is 949 g/mol. The third kappa shape index (κ3) is 40.6. The van der Waals surface area contributed by atoms with Crippen molar-refractivity contribution in [1.82, 2.24) is 0 Å². The Bertz CT molecular complexity index is 1080. The number of aliphatic hydroxyl groups excluding tert-OH is 2. The van der Waals surface area contributed by atoms with Gasteiger partial charge in [0.1, 0.15) is 0 Å². The minimum atomic E-state index is -0.926. The smallest absolute Gasteiger partial charge is 0.550 e. The normalized spacial score (nSPS) is 12.0. The van der Waals surface area contributed by atoms with Gasteiger partial charge in [-0.3, -0.25) is 0 Å². The van der Waals surface area contributed by atoms with Crippen LogP contribution in [0.2, 0.25) is 0 Å². The first-order valence-electron chi connectivity index (χ1n) is 23.4. The largest absolute Gasteiger partial charge is 2.00 e. The third-order valence-corrected chi connectivity index (χ3v) is 10.8. The Morgan fingerprint density at radius 3 is 0.932 bits per heavy atom. The molecular weight excluding hydrogens is 866 g/mol. The van der Waals surface area contributed by atoms with Crippen LogP contribution in [0.25, 0.3) is 0 Å². The van der Waals surface area contributed by atoms with Gasteiger partial charge in [-0.25, -0.2) is 0 Å². The van der Waals surface area contributed by atoms with Crippen molar-refractivity contribution in [1.29, 1.82) is 0 Å². The minimum absolute atomic E-state index is 0. The van der Waals surface area contributed by atoms with Crippen molar-refractivity contribution in [3.05, 3.63) is 71.8 Å². The number of carbonyl (C=O) groups is 2. The number of aliphatic carboxylic acids is 2. The first-order valence-corrected chi connectivity index (χ1v) is 23.4. The molecule has 8 nitrogen and oxygen atoms in total. The number of carbonyl (C=O) groups excluding carboxylic acids is 2. The van der Waals surface area contributed by atoms with Gasteiger partial charge in [0.05, 0.1) is 25.4 Å². The maximum atomic E-state index is 10.4. The summed E-state index contributed by atoms with van der Waals surface area (Å²) in [5.41, 5.74) is 2.46. The molecule has 0 aromatic heterocycles. The van der Waals surface area contributed by atoms with Crippen molar-refractivity contribution < 1.29 is 39.5 Å². The zero-order chi connectivity index (χ0) is 42.0. The van der Waals surface area contributed by atoms with Crippen molar-refractivity contribution in [3.63, 3.8) is 0 Å². The molecule has 2 aromatic carbocycles. The number of carboxylic acids is 2. The van der Waals surface area contributed by atoms with E-state index in [0.717, 1.165) is 103 Å². The molecule has 332 valence electrons. The summed E-state index contributed by atoms with van der Waals surface area (Å²) in [6.07, 6.45) is 32.3. The average molecular weight is 949 g/mol. The first kappa shape index (κ1) is 57.8. The molecule has 2 rings (SSSR count). The Hall–Kier alpha value is -1.21. The van der Waals surface area contributed by atoms with Crippen LogP contribution < -0.4 is 10.2 Å². The molecule has 0 amide bonds. The van der Waals surface area contributed by atoms with Crippen LogP contribution in [0.15, 0.2) is 60.7 Å². The number of hydrogen-bond acceptors (Lipinski definition) is 8. The van der Waals surface area contributed by atoms with Gasteiger partial charge in [-0.15, -0.1) is 0 Å². The molecule has 2 N–H and O–H groups in total. The molecule has 0 saturated carbocycles. The molecule has 0 aliphatic carbocycles. The van der Waals surface area contributed by atoms with Gasteiger partial charge in [0.15, 0.2) is 0 Å². The second-order valence-electron chi connectivity index (χ2n) is 16.2. The summed E-state index contributed by atoms with van der Waals surface area (Å²) in [4.78, 5) is 20.7. The Morgan fingerprint density at radius 2 is 0.661 bits per heavy atom. The molecule has 0 bridgehead atoms. The third-order valence-electron chi connectivity index (χ3n) is 10.8. The minimum Gasteiger partial charge on any atom is -0.550 e. The summed E-state index contributed by atoms with van der Waals surface area (Å²) in [6.45, 7) is 1.94. The van der Waals surface area contributed by atoms with Crippen LogP contribution in [0.3, 0.4) is 0 Å². The van der Waals surface area contributed by atoms with Crippen LogP contribution >= 0.6 is 0 Å². The van der Waals surface area contributed by atoms with Crippen LogP contribution in [0.4, 0.5) is 0 Å². The Kier molecular flexibility index (Phi) is 43.9. The molecule has 0 fully saturated rings. The summed E-state index contributed by atoms with van der Waals surface area (Å²) in [6, 6.07) is 20.7. The van der Waals surface area contributed by atoms with Gasteiger partial charge in [0, 0.05) is 25.2 Å². The Morgan fingerprint density at radius 1 is 0.407 bits per heavy atom. The summed E-state index contributed by atoms with van der Waals surface area (Å²) < 4.78 is 12.4. The predicted octanol–water partition coefficient (Wildman–Crippen LogP) is 9.95. The zero-order valence-electron chi connectivity index (χ0n) is 37.0. The van der Waals surface area contributed by atoms with Crippen LogP contribution in [-0.4, -0.2) is 96.5 Å². The van der Waals surface area contributed by atoms with Gasteiger partial charge in [-0.2, -0.15) is 0 Å². The molecule has 0 aliphatic heterocycles.